The van der Waals surface area contributed by atoms with Crippen molar-refractivity contribution in [2.24, 2.45) is 0 Å². The summed E-state index contributed by atoms with van der Waals surface area (Å²) in [7, 11) is 2.09. The van der Waals surface area contributed by atoms with E-state index in [-0.39, 0.29) is 11.7 Å². The number of benzene rings is 2. The summed E-state index contributed by atoms with van der Waals surface area (Å²) in [4.78, 5) is 14.3. The predicted octanol–water partition coefficient (Wildman–Crippen LogP) is 3.85. The minimum atomic E-state index is -0.344. The second-order valence-electron chi connectivity index (χ2n) is 6.74. The van der Waals surface area contributed by atoms with Crippen LogP contribution in [0, 0.1) is 6.92 Å². The molecule has 1 aliphatic heterocycles. The molecule has 3 aromatic rings. The van der Waals surface area contributed by atoms with Crippen LogP contribution < -0.4 is 10.4 Å². The molecule has 1 fully saturated rings. The zero-order chi connectivity index (χ0) is 17.4. The predicted molar refractivity (Wildman–Crippen MR) is 99.2 cm³/mol. The van der Waals surface area contributed by atoms with Crippen LogP contribution in [0.25, 0.3) is 22.1 Å². The minimum absolute atomic E-state index is 0.189. The van der Waals surface area contributed by atoms with Crippen molar-refractivity contribution in [3.63, 3.8) is 0 Å². The van der Waals surface area contributed by atoms with E-state index in [0.717, 1.165) is 47.3 Å². The summed E-state index contributed by atoms with van der Waals surface area (Å²) in [6.45, 7) is 4.01. The number of aryl methyl sites for hydroxylation is 1. The SMILES string of the molecule is Cc1ccccc1-c1cc(=O)oc2cc(O[C@@H]3CCN(C)C3)ccc12. The van der Waals surface area contributed by atoms with Gasteiger partial charge in [-0.05, 0) is 43.7 Å². The highest BCUT2D eigenvalue weighted by molar-refractivity contribution is 5.94. The maximum absolute atomic E-state index is 12.1. The largest absolute Gasteiger partial charge is 0.489 e. The van der Waals surface area contributed by atoms with E-state index in [0.29, 0.717) is 5.58 Å². The van der Waals surface area contributed by atoms with Gasteiger partial charge in [0.05, 0.1) is 0 Å². The molecule has 0 radical (unpaired) electrons. The van der Waals surface area contributed by atoms with Gasteiger partial charge in [-0.2, -0.15) is 0 Å². The first kappa shape index (κ1) is 15.9. The number of likely N-dealkylation sites (tertiary alicyclic amines) is 1. The van der Waals surface area contributed by atoms with E-state index in [4.69, 9.17) is 9.15 Å². The number of hydrogen-bond acceptors (Lipinski definition) is 4. The Balaban J connectivity index is 1.76. The Hall–Kier alpha value is -2.59. The van der Waals surface area contributed by atoms with Gasteiger partial charge in [-0.15, -0.1) is 0 Å². The summed E-state index contributed by atoms with van der Waals surface area (Å²) in [6, 6.07) is 15.4. The Labute approximate surface area is 146 Å². The molecule has 0 unspecified atom stereocenters. The summed E-state index contributed by atoms with van der Waals surface area (Å²) >= 11 is 0. The third-order valence-corrected chi connectivity index (χ3v) is 4.80. The van der Waals surface area contributed by atoms with Crippen LogP contribution in [0.5, 0.6) is 5.75 Å². The van der Waals surface area contributed by atoms with Crippen molar-refractivity contribution in [2.45, 2.75) is 19.4 Å². The lowest BCUT2D eigenvalue weighted by Crippen LogP contribution is -2.21. The van der Waals surface area contributed by atoms with Crippen molar-refractivity contribution in [3.05, 3.63) is 64.5 Å². The summed E-state index contributed by atoms with van der Waals surface area (Å²) < 4.78 is 11.5. The highest BCUT2D eigenvalue weighted by atomic mass is 16.5. The van der Waals surface area contributed by atoms with Crippen LogP contribution in [0.4, 0.5) is 0 Å². The normalized spacial score (nSPS) is 17.9. The van der Waals surface area contributed by atoms with E-state index in [9.17, 15) is 4.79 Å². The van der Waals surface area contributed by atoms with Crippen LogP contribution in [0.1, 0.15) is 12.0 Å². The standard InChI is InChI=1S/C21H21NO3/c1-14-5-3-4-6-17(14)19-12-21(23)25-20-11-15(7-8-18(19)20)24-16-9-10-22(2)13-16/h3-8,11-12,16H,9-10,13H2,1-2H3/t16-/m1/s1. The van der Waals surface area contributed by atoms with E-state index in [1.54, 1.807) is 6.07 Å². The van der Waals surface area contributed by atoms with Gasteiger partial charge >= 0.3 is 5.63 Å². The fraction of sp³-hybridized carbons (Fsp3) is 0.286. The number of fused-ring (bicyclic) bond motifs is 1. The Morgan fingerprint density at radius 2 is 1.96 bits per heavy atom. The first-order valence-electron chi connectivity index (χ1n) is 8.59. The Bertz CT molecular complexity index is 976. The van der Waals surface area contributed by atoms with Gasteiger partial charge in [0.1, 0.15) is 17.4 Å². The van der Waals surface area contributed by atoms with E-state index in [1.807, 2.05) is 49.4 Å². The lowest BCUT2D eigenvalue weighted by Gasteiger charge is -2.14. The van der Waals surface area contributed by atoms with Crippen molar-refractivity contribution >= 4 is 11.0 Å². The van der Waals surface area contributed by atoms with Gasteiger partial charge in [0.2, 0.25) is 0 Å². The minimum Gasteiger partial charge on any atom is -0.489 e. The Kier molecular flexibility index (Phi) is 4.06. The molecule has 0 N–H and O–H groups in total. The maximum atomic E-state index is 12.1. The molecule has 1 aliphatic rings. The number of ether oxygens (including phenoxy) is 1. The maximum Gasteiger partial charge on any atom is 0.336 e. The Morgan fingerprint density at radius 1 is 1.12 bits per heavy atom. The smallest absolute Gasteiger partial charge is 0.336 e. The quantitative estimate of drug-likeness (QED) is 0.682. The van der Waals surface area contributed by atoms with Crippen LogP contribution in [0.2, 0.25) is 0 Å². The number of nitrogens with zero attached hydrogens (tertiary/aromatic N) is 1. The Morgan fingerprint density at radius 3 is 2.72 bits per heavy atom. The summed E-state index contributed by atoms with van der Waals surface area (Å²) in [5.74, 6) is 0.748. The number of likely N-dealkylation sites (N-methyl/N-ethyl adjacent to an activating group) is 1. The topological polar surface area (TPSA) is 42.7 Å². The fourth-order valence-electron chi connectivity index (χ4n) is 3.50. The lowest BCUT2D eigenvalue weighted by atomic mass is 9.98. The van der Waals surface area contributed by atoms with Crippen LogP contribution in [-0.2, 0) is 0 Å². The zero-order valence-electron chi connectivity index (χ0n) is 14.5. The molecular formula is C21H21NO3. The van der Waals surface area contributed by atoms with Crippen LogP contribution in [0.15, 0.2) is 57.7 Å². The van der Waals surface area contributed by atoms with Gasteiger partial charge in [0, 0.05) is 36.2 Å². The molecule has 4 heteroatoms. The van der Waals surface area contributed by atoms with Gasteiger partial charge < -0.3 is 14.1 Å². The lowest BCUT2D eigenvalue weighted by molar-refractivity contribution is 0.208. The van der Waals surface area contributed by atoms with Crippen molar-refractivity contribution in [1.29, 1.82) is 0 Å². The number of hydrogen-bond donors (Lipinski definition) is 0. The van der Waals surface area contributed by atoms with Gasteiger partial charge in [0.25, 0.3) is 0 Å². The number of rotatable bonds is 3. The van der Waals surface area contributed by atoms with Crippen LogP contribution in [0.3, 0.4) is 0 Å². The summed E-state index contributed by atoms with van der Waals surface area (Å²) in [6.07, 6.45) is 1.20. The van der Waals surface area contributed by atoms with Crippen molar-refractivity contribution in [3.8, 4) is 16.9 Å². The van der Waals surface area contributed by atoms with E-state index >= 15 is 0 Å². The molecule has 1 saturated heterocycles. The first-order valence-corrected chi connectivity index (χ1v) is 8.59. The molecule has 0 aliphatic carbocycles. The third kappa shape index (κ3) is 3.17. The van der Waals surface area contributed by atoms with E-state index in [1.165, 1.54) is 0 Å². The molecule has 2 heterocycles. The second kappa shape index (κ2) is 6.37. The summed E-state index contributed by atoms with van der Waals surface area (Å²) in [5, 5.41) is 0.921. The molecule has 25 heavy (non-hydrogen) atoms. The molecule has 4 nitrogen and oxygen atoms in total. The highest BCUT2D eigenvalue weighted by Crippen LogP contribution is 2.32. The molecule has 0 saturated carbocycles. The molecule has 0 spiro atoms. The molecule has 1 aromatic heterocycles. The van der Waals surface area contributed by atoms with Gasteiger partial charge in [-0.25, -0.2) is 4.79 Å². The zero-order valence-corrected chi connectivity index (χ0v) is 14.5. The molecule has 128 valence electrons. The summed E-state index contributed by atoms with van der Waals surface area (Å²) in [5.41, 5.74) is 3.30. The highest BCUT2D eigenvalue weighted by Gasteiger charge is 2.21. The fourth-order valence-corrected chi connectivity index (χ4v) is 3.50. The molecule has 0 amide bonds. The first-order chi connectivity index (χ1) is 12.1. The van der Waals surface area contributed by atoms with Gasteiger partial charge in [-0.3, -0.25) is 0 Å². The molecule has 1 atom stereocenters. The third-order valence-electron chi connectivity index (χ3n) is 4.80. The average Bonchev–Trinajstić information content (AvgIpc) is 2.99. The van der Waals surface area contributed by atoms with Crippen LogP contribution >= 0.6 is 0 Å². The van der Waals surface area contributed by atoms with Crippen molar-refractivity contribution in [2.75, 3.05) is 20.1 Å². The van der Waals surface area contributed by atoms with Crippen LogP contribution in [-0.4, -0.2) is 31.1 Å². The molecule has 0 bridgehead atoms. The van der Waals surface area contributed by atoms with Gasteiger partial charge in [0.15, 0.2) is 0 Å². The van der Waals surface area contributed by atoms with E-state index < -0.39 is 0 Å². The van der Waals surface area contributed by atoms with Crippen molar-refractivity contribution < 1.29 is 9.15 Å². The van der Waals surface area contributed by atoms with Crippen molar-refractivity contribution in [1.82, 2.24) is 4.90 Å². The second-order valence-corrected chi connectivity index (χ2v) is 6.74. The molecule has 4 rings (SSSR count). The van der Waals surface area contributed by atoms with Gasteiger partial charge in [-0.1, -0.05) is 24.3 Å². The van der Waals surface area contributed by atoms with E-state index in [2.05, 4.69) is 11.9 Å². The average molecular weight is 335 g/mol. The molecule has 2 aromatic carbocycles. The monoisotopic (exact) mass is 335 g/mol. The molecular weight excluding hydrogens is 314 g/mol.